The van der Waals surface area contributed by atoms with Crippen LogP contribution >= 0.6 is 0 Å². The topological polar surface area (TPSA) is 66.5 Å². The summed E-state index contributed by atoms with van der Waals surface area (Å²) >= 11 is 0. The molecule has 140 valence electrons. The van der Waals surface area contributed by atoms with Crippen LogP contribution in [0.25, 0.3) is 0 Å². The Kier molecular flexibility index (Phi) is 6.42. The number of benzene rings is 2. The second-order valence-corrected chi connectivity index (χ2v) is 8.79. The van der Waals surface area contributed by atoms with E-state index in [9.17, 15) is 13.2 Å². The summed E-state index contributed by atoms with van der Waals surface area (Å²) in [4.78, 5) is 14.6. The van der Waals surface area contributed by atoms with Gasteiger partial charge in [-0.15, -0.1) is 0 Å². The number of anilines is 2. The number of sulfone groups is 1. The second kappa shape index (κ2) is 8.36. The molecule has 0 aliphatic rings. The Morgan fingerprint density at radius 1 is 1.04 bits per heavy atom. The van der Waals surface area contributed by atoms with E-state index in [1.807, 2.05) is 24.3 Å². The molecule has 0 spiro atoms. The standard InChI is InChI=1S/C20H26N2O3S/c1-5-22(15(2)3)19-12-10-18(11-13-19)21-20(23)17-8-6-16(7-9-17)14-26(4,24)25/h6-13,15H,5,14H2,1-4H3,(H,21,23). The normalized spacial score (nSPS) is 11.4. The molecule has 0 atom stereocenters. The first-order chi connectivity index (χ1) is 12.2. The van der Waals surface area contributed by atoms with Crippen LogP contribution in [0.3, 0.4) is 0 Å². The zero-order valence-corrected chi connectivity index (χ0v) is 16.5. The van der Waals surface area contributed by atoms with Crippen molar-refractivity contribution in [2.75, 3.05) is 23.0 Å². The molecular weight excluding hydrogens is 348 g/mol. The van der Waals surface area contributed by atoms with Crippen molar-refractivity contribution < 1.29 is 13.2 Å². The van der Waals surface area contributed by atoms with Crippen LogP contribution < -0.4 is 10.2 Å². The lowest BCUT2D eigenvalue weighted by Crippen LogP contribution is -2.30. The van der Waals surface area contributed by atoms with Gasteiger partial charge in [0, 0.05) is 35.8 Å². The summed E-state index contributed by atoms with van der Waals surface area (Å²) in [6.07, 6.45) is 1.19. The molecule has 0 saturated heterocycles. The summed E-state index contributed by atoms with van der Waals surface area (Å²) in [6, 6.07) is 14.8. The van der Waals surface area contributed by atoms with Gasteiger partial charge in [0.15, 0.2) is 9.84 Å². The van der Waals surface area contributed by atoms with Crippen molar-refractivity contribution >= 4 is 27.1 Å². The van der Waals surface area contributed by atoms with E-state index in [2.05, 4.69) is 31.0 Å². The molecule has 2 aromatic carbocycles. The zero-order chi connectivity index (χ0) is 19.3. The summed E-state index contributed by atoms with van der Waals surface area (Å²) in [6.45, 7) is 7.32. The van der Waals surface area contributed by atoms with E-state index in [1.54, 1.807) is 24.3 Å². The first-order valence-electron chi connectivity index (χ1n) is 8.64. The molecule has 0 aromatic heterocycles. The van der Waals surface area contributed by atoms with Crippen molar-refractivity contribution in [1.82, 2.24) is 0 Å². The third kappa shape index (κ3) is 5.59. The molecule has 0 radical (unpaired) electrons. The minimum Gasteiger partial charge on any atom is -0.369 e. The van der Waals surface area contributed by atoms with Gasteiger partial charge in [-0.25, -0.2) is 8.42 Å². The molecule has 0 fully saturated rings. The lowest BCUT2D eigenvalue weighted by atomic mass is 10.1. The van der Waals surface area contributed by atoms with Crippen molar-refractivity contribution in [2.24, 2.45) is 0 Å². The van der Waals surface area contributed by atoms with Gasteiger partial charge in [-0.05, 0) is 62.7 Å². The molecule has 1 N–H and O–H groups in total. The summed E-state index contributed by atoms with van der Waals surface area (Å²) in [7, 11) is -3.08. The van der Waals surface area contributed by atoms with Gasteiger partial charge in [-0.1, -0.05) is 12.1 Å². The van der Waals surface area contributed by atoms with E-state index in [0.29, 0.717) is 17.2 Å². The van der Waals surface area contributed by atoms with Crippen LogP contribution in [-0.2, 0) is 15.6 Å². The van der Waals surface area contributed by atoms with Crippen molar-refractivity contribution in [3.8, 4) is 0 Å². The average Bonchev–Trinajstić information content (AvgIpc) is 2.56. The van der Waals surface area contributed by atoms with Crippen LogP contribution in [0.1, 0.15) is 36.7 Å². The van der Waals surface area contributed by atoms with Gasteiger partial charge < -0.3 is 10.2 Å². The maximum atomic E-state index is 12.4. The van der Waals surface area contributed by atoms with Gasteiger partial charge >= 0.3 is 0 Å². The highest BCUT2D eigenvalue weighted by atomic mass is 32.2. The molecule has 0 aliphatic heterocycles. The highest BCUT2D eigenvalue weighted by Crippen LogP contribution is 2.20. The molecule has 26 heavy (non-hydrogen) atoms. The highest BCUT2D eigenvalue weighted by molar-refractivity contribution is 7.89. The van der Waals surface area contributed by atoms with Crippen molar-refractivity contribution in [1.29, 1.82) is 0 Å². The summed E-state index contributed by atoms with van der Waals surface area (Å²) in [5, 5.41) is 2.86. The molecule has 1 amide bonds. The minimum absolute atomic E-state index is 0.0276. The van der Waals surface area contributed by atoms with E-state index in [-0.39, 0.29) is 11.7 Å². The van der Waals surface area contributed by atoms with Crippen LogP contribution in [0.15, 0.2) is 48.5 Å². The Hall–Kier alpha value is -2.34. The molecule has 0 saturated carbocycles. The van der Waals surface area contributed by atoms with Crippen LogP contribution in [0.4, 0.5) is 11.4 Å². The van der Waals surface area contributed by atoms with Crippen LogP contribution in [-0.4, -0.2) is 33.2 Å². The number of nitrogens with zero attached hydrogens (tertiary/aromatic N) is 1. The number of rotatable bonds is 7. The summed E-state index contributed by atoms with van der Waals surface area (Å²) < 4.78 is 22.6. The Bertz CT molecular complexity index is 842. The number of hydrogen-bond acceptors (Lipinski definition) is 4. The van der Waals surface area contributed by atoms with Gasteiger partial charge in [0.25, 0.3) is 5.91 Å². The number of amides is 1. The van der Waals surface area contributed by atoms with Gasteiger partial charge in [0.1, 0.15) is 0 Å². The first-order valence-corrected chi connectivity index (χ1v) is 10.7. The molecule has 0 unspecified atom stereocenters. The average molecular weight is 375 g/mol. The molecule has 2 aromatic rings. The van der Waals surface area contributed by atoms with Crippen LogP contribution in [0.2, 0.25) is 0 Å². The quantitative estimate of drug-likeness (QED) is 0.802. The Morgan fingerprint density at radius 2 is 1.62 bits per heavy atom. The van der Waals surface area contributed by atoms with Gasteiger partial charge in [-0.2, -0.15) is 0 Å². The summed E-state index contributed by atoms with van der Waals surface area (Å²) in [5.74, 6) is -0.250. The van der Waals surface area contributed by atoms with Crippen molar-refractivity contribution in [3.63, 3.8) is 0 Å². The molecule has 2 rings (SSSR count). The monoisotopic (exact) mass is 374 g/mol. The maximum absolute atomic E-state index is 12.4. The Balaban J connectivity index is 2.05. The van der Waals surface area contributed by atoms with Crippen LogP contribution in [0.5, 0.6) is 0 Å². The molecule has 6 heteroatoms. The summed E-state index contributed by atoms with van der Waals surface area (Å²) in [5.41, 5.74) is 3.00. The Labute approximate surface area is 156 Å². The minimum atomic E-state index is -3.08. The lowest BCUT2D eigenvalue weighted by Gasteiger charge is -2.27. The van der Waals surface area contributed by atoms with Crippen molar-refractivity contribution in [2.45, 2.75) is 32.6 Å². The zero-order valence-electron chi connectivity index (χ0n) is 15.7. The second-order valence-electron chi connectivity index (χ2n) is 6.65. The van der Waals surface area contributed by atoms with E-state index < -0.39 is 9.84 Å². The highest BCUT2D eigenvalue weighted by Gasteiger charge is 2.10. The molecular formula is C20H26N2O3S. The fraction of sp³-hybridized carbons (Fsp3) is 0.350. The molecule has 0 bridgehead atoms. The number of hydrogen-bond donors (Lipinski definition) is 1. The number of nitrogens with one attached hydrogen (secondary N) is 1. The maximum Gasteiger partial charge on any atom is 0.255 e. The van der Waals surface area contributed by atoms with Crippen molar-refractivity contribution in [3.05, 3.63) is 59.7 Å². The Morgan fingerprint density at radius 3 is 2.08 bits per heavy atom. The molecule has 5 nitrogen and oxygen atoms in total. The third-order valence-corrected chi connectivity index (χ3v) is 4.92. The first kappa shape index (κ1) is 20.0. The van der Waals surface area contributed by atoms with E-state index >= 15 is 0 Å². The SMILES string of the molecule is CCN(c1ccc(NC(=O)c2ccc(CS(C)(=O)=O)cc2)cc1)C(C)C. The van der Waals surface area contributed by atoms with E-state index in [1.165, 1.54) is 6.26 Å². The fourth-order valence-corrected chi connectivity index (χ4v) is 3.64. The van der Waals surface area contributed by atoms with E-state index in [0.717, 1.165) is 17.9 Å². The molecule has 0 aliphatic carbocycles. The predicted molar refractivity (Wildman–Crippen MR) is 108 cm³/mol. The third-order valence-electron chi connectivity index (χ3n) is 4.07. The lowest BCUT2D eigenvalue weighted by molar-refractivity contribution is 0.102. The van der Waals surface area contributed by atoms with Gasteiger partial charge in [0.05, 0.1) is 5.75 Å². The van der Waals surface area contributed by atoms with Gasteiger partial charge in [-0.3, -0.25) is 4.79 Å². The number of carbonyl (C=O) groups is 1. The predicted octanol–water partition coefficient (Wildman–Crippen LogP) is 3.72. The number of carbonyl (C=O) groups excluding carboxylic acids is 1. The van der Waals surface area contributed by atoms with E-state index in [4.69, 9.17) is 0 Å². The van der Waals surface area contributed by atoms with Gasteiger partial charge in [0.2, 0.25) is 0 Å². The van der Waals surface area contributed by atoms with Crippen LogP contribution in [0, 0.1) is 0 Å². The largest absolute Gasteiger partial charge is 0.369 e. The fourth-order valence-electron chi connectivity index (χ4n) is 2.84. The smallest absolute Gasteiger partial charge is 0.255 e. The molecule has 0 heterocycles.